The fourth-order valence-electron chi connectivity index (χ4n) is 2.24. The molecule has 0 radical (unpaired) electrons. The Morgan fingerprint density at radius 1 is 1.15 bits per heavy atom. The fourth-order valence-corrected chi connectivity index (χ4v) is 2.35. The summed E-state index contributed by atoms with van der Waals surface area (Å²) in [7, 11) is 0. The highest BCUT2D eigenvalue weighted by Gasteiger charge is 2.05. The second kappa shape index (κ2) is 6.19. The van der Waals surface area contributed by atoms with Crippen LogP contribution in [-0.2, 0) is 6.61 Å². The zero-order valence-electron chi connectivity index (χ0n) is 12.1. The van der Waals surface area contributed by atoms with E-state index in [0.717, 1.165) is 11.3 Å². The van der Waals surface area contributed by atoms with Crippen LogP contribution in [-0.4, -0.2) is 0 Å². The van der Waals surface area contributed by atoms with Gasteiger partial charge >= 0.3 is 0 Å². The maximum Gasteiger partial charge on any atom is 0.120 e. The molecule has 2 N–H and O–H groups in total. The molecule has 2 aromatic rings. The van der Waals surface area contributed by atoms with Gasteiger partial charge in [-0.05, 0) is 53.8 Å². The first-order chi connectivity index (χ1) is 9.47. The molecule has 2 nitrogen and oxygen atoms in total. The number of benzene rings is 2. The molecule has 20 heavy (non-hydrogen) atoms. The predicted octanol–water partition coefficient (Wildman–Crippen LogP) is 4.93. The number of hydrogen-bond acceptors (Lipinski definition) is 2. The largest absolute Gasteiger partial charge is 0.489 e. The van der Waals surface area contributed by atoms with Gasteiger partial charge in [0.05, 0.1) is 10.7 Å². The molecule has 0 amide bonds. The molecule has 0 atom stereocenters. The van der Waals surface area contributed by atoms with Gasteiger partial charge in [0.2, 0.25) is 0 Å². The van der Waals surface area contributed by atoms with Gasteiger partial charge in [-0.3, -0.25) is 0 Å². The van der Waals surface area contributed by atoms with Crippen molar-refractivity contribution in [1.82, 2.24) is 0 Å². The zero-order chi connectivity index (χ0) is 14.7. The first kappa shape index (κ1) is 14.7. The Labute approximate surface area is 125 Å². The smallest absolute Gasteiger partial charge is 0.120 e. The minimum atomic E-state index is 0.488. The molecule has 2 rings (SSSR count). The van der Waals surface area contributed by atoms with Crippen molar-refractivity contribution in [2.45, 2.75) is 33.3 Å². The summed E-state index contributed by atoms with van der Waals surface area (Å²) in [4.78, 5) is 0. The first-order valence-corrected chi connectivity index (χ1v) is 7.12. The van der Waals surface area contributed by atoms with E-state index in [0.29, 0.717) is 23.2 Å². The molecule has 0 spiro atoms. The summed E-state index contributed by atoms with van der Waals surface area (Å²) in [5, 5.41) is 0.575. The molecule has 0 saturated carbocycles. The number of anilines is 1. The van der Waals surface area contributed by atoms with Gasteiger partial charge in [0, 0.05) is 0 Å². The molecule has 0 unspecified atom stereocenters. The summed E-state index contributed by atoms with van der Waals surface area (Å²) >= 11 is 5.90. The average Bonchev–Trinajstić information content (AvgIpc) is 2.40. The monoisotopic (exact) mass is 289 g/mol. The Morgan fingerprint density at radius 3 is 2.50 bits per heavy atom. The lowest BCUT2D eigenvalue weighted by atomic mass is 9.98. The van der Waals surface area contributed by atoms with E-state index in [1.54, 1.807) is 6.07 Å². The molecule has 0 fully saturated rings. The van der Waals surface area contributed by atoms with Crippen molar-refractivity contribution in [3.63, 3.8) is 0 Å². The van der Waals surface area contributed by atoms with Gasteiger partial charge in [0.25, 0.3) is 0 Å². The molecule has 0 aromatic heterocycles. The SMILES string of the molecule is Cc1cc(OCc2ccc(Cl)c(N)c2)ccc1C(C)C. The molecular formula is C17H20ClNO. The molecule has 0 bridgehead atoms. The number of hydrogen-bond donors (Lipinski definition) is 1. The Hall–Kier alpha value is -1.67. The second-order valence-corrected chi connectivity index (χ2v) is 5.72. The lowest BCUT2D eigenvalue weighted by Crippen LogP contribution is -1.99. The third kappa shape index (κ3) is 3.45. The Morgan fingerprint density at radius 2 is 1.90 bits per heavy atom. The van der Waals surface area contributed by atoms with Crippen LogP contribution in [0.5, 0.6) is 5.75 Å². The van der Waals surface area contributed by atoms with Crippen molar-refractivity contribution in [3.05, 3.63) is 58.1 Å². The van der Waals surface area contributed by atoms with Crippen LogP contribution in [0.2, 0.25) is 5.02 Å². The topological polar surface area (TPSA) is 35.2 Å². The van der Waals surface area contributed by atoms with Crippen molar-refractivity contribution in [2.75, 3.05) is 5.73 Å². The van der Waals surface area contributed by atoms with Gasteiger partial charge in [-0.25, -0.2) is 0 Å². The zero-order valence-corrected chi connectivity index (χ0v) is 12.9. The van der Waals surface area contributed by atoms with E-state index in [4.69, 9.17) is 22.1 Å². The summed E-state index contributed by atoms with van der Waals surface area (Å²) in [6.45, 7) is 6.99. The Kier molecular flexibility index (Phi) is 4.56. The van der Waals surface area contributed by atoms with Crippen LogP contribution in [0.15, 0.2) is 36.4 Å². The number of rotatable bonds is 4. The van der Waals surface area contributed by atoms with Crippen LogP contribution in [0.25, 0.3) is 0 Å². The molecule has 0 aliphatic rings. The molecule has 0 heterocycles. The van der Waals surface area contributed by atoms with Gasteiger partial charge in [-0.1, -0.05) is 37.6 Å². The van der Waals surface area contributed by atoms with Gasteiger partial charge in [0.15, 0.2) is 0 Å². The van der Waals surface area contributed by atoms with E-state index in [2.05, 4.69) is 32.9 Å². The molecule has 0 saturated heterocycles. The maximum atomic E-state index is 5.90. The first-order valence-electron chi connectivity index (χ1n) is 6.74. The number of ether oxygens (including phenoxy) is 1. The van der Waals surface area contributed by atoms with Crippen LogP contribution < -0.4 is 10.5 Å². The second-order valence-electron chi connectivity index (χ2n) is 5.32. The van der Waals surface area contributed by atoms with E-state index in [-0.39, 0.29) is 0 Å². The van der Waals surface area contributed by atoms with Gasteiger partial charge in [-0.2, -0.15) is 0 Å². The number of halogens is 1. The standard InChI is InChI=1S/C17H20ClNO/c1-11(2)15-6-5-14(8-12(15)3)20-10-13-4-7-16(18)17(19)9-13/h4-9,11H,10,19H2,1-3H3. The number of nitrogens with two attached hydrogens (primary N) is 1. The average molecular weight is 290 g/mol. The van der Waals surface area contributed by atoms with E-state index >= 15 is 0 Å². The third-order valence-corrected chi connectivity index (χ3v) is 3.67. The van der Waals surface area contributed by atoms with Gasteiger partial charge in [0.1, 0.15) is 12.4 Å². The van der Waals surface area contributed by atoms with Crippen molar-refractivity contribution in [3.8, 4) is 5.75 Å². The van der Waals surface area contributed by atoms with Crippen LogP contribution in [0.4, 0.5) is 5.69 Å². The van der Waals surface area contributed by atoms with Gasteiger partial charge < -0.3 is 10.5 Å². The molecule has 0 aliphatic heterocycles. The van der Waals surface area contributed by atoms with Crippen LogP contribution in [0, 0.1) is 6.92 Å². The molecular weight excluding hydrogens is 270 g/mol. The normalized spacial score (nSPS) is 10.8. The summed E-state index contributed by atoms with van der Waals surface area (Å²) in [6, 6.07) is 11.8. The van der Waals surface area contributed by atoms with Crippen LogP contribution in [0.3, 0.4) is 0 Å². The minimum absolute atomic E-state index is 0.488. The summed E-state index contributed by atoms with van der Waals surface area (Å²) in [5.41, 5.74) is 9.99. The van der Waals surface area contributed by atoms with Crippen LogP contribution in [0.1, 0.15) is 36.5 Å². The van der Waals surface area contributed by atoms with E-state index < -0.39 is 0 Å². The predicted molar refractivity (Wildman–Crippen MR) is 85.5 cm³/mol. The van der Waals surface area contributed by atoms with Crippen molar-refractivity contribution >= 4 is 17.3 Å². The highest BCUT2D eigenvalue weighted by atomic mass is 35.5. The third-order valence-electron chi connectivity index (χ3n) is 3.33. The Bertz CT molecular complexity index is 608. The summed E-state index contributed by atoms with van der Waals surface area (Å²) in [5.74, 6) is 1.40. The highest BCUT2D eigenvalue weighted by molar-refractivity contribution is 6.33. The number of aryl methyl sites for hydroxylation is 1. The molecule has 0 aliphatic carbocycles. The molecule has 106 valence electrons. The van der Waals surface area contributed by atoms with E-state index in [1.165, 1.54) is 11.1 Å². The van der Waals surface area contributed by atoms with Gasteiger partial charge in [-0.15, -0.1) is 0 Å². The van der Waals surface area contributed by atoms with E-state index in [9.17, 15) is 0 Å². The summed E-state index contributed by atoms with van der Waals surface area (Å²) in [6.07, 6.45) is 0. The van der Waals surface area contributed by atoms with Crippen molar-refractivity contribution in [2.24, 2.45) is 0 Å². The lowest BCUT2D eigenvalue weighted by Gasteiger charge is -2.13. The molecule has 3 heteroatoms. The fraction of sp³-hybridized carbons (Fsp3) is 0.294. The summed E-state index contributed by atoms with van der Waals surface area (Å²) < 4.78 is 5.80. The Balaban J connectivity index is 2.07. The minimum Gasteiger partial charge on any atom is -0.489 e. The molecule has 2 aromatic carbocycles. The number of nitrogen functional groups attached to an aromatic ring is 1. The lowest BCUT2D eigenvalue weighted by molar-refractivity contribution is 0.306. The van der Waals surface area contributed by atoms with Crippen LogP contribution >= 0.6 is 11.6 Å². The quantitative estimate of drug-likeness (QED) is 0.810. The highest BCUT2D eigenvalue weighted by Crippen LogP contribution is 2.25. The van der Waals surface area contributed by atoms with E-state index in [1.807, 2.05) is 18.2 Å². The van der Waals surface area contributed by atoms with Crippen molar-refractivity contribution < 1.29 is 4.74 Å². The maximum absolute atomic E-state index is 5.90. The van der Waals surface area contributed by atoms with Crippen molar-refractivity contribution in [1.29, 1.82) is 0 Å².